The minimum Gasteiger partial charge on any atom is -0.497 e. The molecule has 1 heteroatoms. The van der Waals surface area contributed by atoms with E-state index in [1.54, 1.807) is 7.11 Å². The van der Waals surface area contributed by atoms with Crippen LogP contribution < -0.4 is 4.74 Å². The molecule has 0 spiro atoms. The standard InChI is InChI=1S/C14H12.C12H12O.2C11H10.C10H10/c1-10-11-6-2-4-8-13(11)14-9-5-3-7-12(10)14;1-9-3-4-11-8-12(13-2)6-5-10(11)7-9;1-9-5-4-7-10-6-2-3-8-11(9)10;1-9-6-7-10-4-2-3-5-11(10)8-9;1-8-6-7-9-4-2-3-5-10(8)9/h2-10H,1H3;3-8H,1-2H3;2*2-8H,1H3;2-8H,1H3. The molecule has 2 aliphatic carbocycles. The van der Waals surface area contributed by atoms with Crippen molar-refractivity contribution in [3.8, 4) is 16.9 Å². The minimum atomic E-state index is 0.558. The Morgan fingerprint density at radius 3 is 1.54 bits per heavy atom. The molecular formula is C58H54O. The van der Waals surface area contributed by atoms with E-state index >= 15 is 0 Å². The van der Waals surface area contributed by atoms with Crippen molar-refractivity contribution in [2.75, 3.05) is 7.11 Å². The van der Waals surface area contributed by atoms with Crippen molar-refractivity contribution < 1.29 is 4.74 Å². The smallest absolute Gasteiger partial charge is 0.119 e. The summed E-state index contributed by atoms with van der Waals surface area (Å²) < 4.78 is 5.15. The van der Waals surface area contributed by atoms with Crippen LogP contribution >= 0.6 is 0 Å². The van der Waals surface area contributed by atoms with Crippen LogP contribution in [-0.2, 0) is 0 Å². The average Bonchev–Trinajstić information content (AvgIpc) is 3.81. The van der Waals surface area contributed by atoms with Crippen molar-refractivity contribution in [3.05, 3.63) is 239 Å². The number of fused-ring (bicyclic) bond motifs is 7. The fourth-order valence-electron chi connectivity index (χ4n) is 8.00. The molecule has 1 nitrogen and oxygen atoms in total. The summed E-state index contributed by atoms with van der Waals surface area (Å²) >= 11 is 0. The Bertz CT molecular complexity index is 2790. The predicted molar refractivity (Wildman–Crippen MR) is 256 cm³/mol. The van der Waals surface area contributed by atoms with E-state index in [0.717, 1.165) is 5.75 Å². The highest BCUT2D eigenvalue weighted by Gasteiger charge is 2.23. The van der Waals surface area contributed by atoms with Gasteiger partial charge in [-0.05, 0) is 110 Å². The van der Waals surface area contributed by atoms with Gasteiger partial charge in [0.2, 0.25) is 0 Å². The maximum atomic E-state index is 5.15. The van der Waals surface area contributed by atoms with Crippen LogP contribution in [0.2, 0.25) is 0 Å². The Labute approximate surface area is 351 Å². The lowest BCUT2D eigenvalue weighted by atomic mass is 10.00. The Hall–Kier alpha value is -6.70. The van der Waals surface area contributed by atoms with E-state index in [2.05, 4.69) is 235 Å². The van der Waals surface area contributed by atoms with Gasteiger partial charge in [0.25, 0.3) is 0 Å². The molecule has 1 atom stereocenters. The van der Waals surface area contributed by atoms with E-state index in [1.807, 2.05) is 6.07 Å². The van der Waals surface area contributed by atoms with Gasteiger partial charge in [0.1, 0.15) is 5.75 Å². The second kappa shape index (κ2) is 19.2. The molecule has 2 aliphatic rings. The summed E-state index contributed by atoms with van der Waals surface area (Å²) in [6.45, 7) is 10.9. The molecule has 0 amide bonds. The number of allylic oxidation sites excluding steroid dienone is 1. The molecule has 0 aromatic heterocycles. The molecule has 1 unspecified atom stereocenters. The summed E-state index contributed by atoms with van der Waals surface area (Å²) in [6, 6.07) is 68.2. The van der Waals surface area contributed by atoms with Crippen molar-refractivity contribution in [1.29, 1.82) is 0 Å². The van der Waals surface area contributed by atoms with Crippen LogP contribution in [0.25, 0.3) is 49.5 Å². The normalized spacial score (nSPS) is 12.9. The third-order valence-electron chi connectivity index (χ3n) is 11.3. The molecule has 9 aromatic carbocycles. The van der Waals surface area contributed by atoms with Gasteiger partial charge in [-0.15, -0.1) is 0 Å². The molecule has 0 radical (unpaired) electrons. The first-order valence-electron chi connectivity index (χ1n) is 20.7. The summed E-state index contributed by atoms with van der Waals surface area (Å²) in [7, 11) is 1.69. The number of aryl methyl sites for hydroxylation is 3. The van der Waals surface area contributed by atoms with Gasteiger partial charge in [-0.1, -0.05) is 219 Å². The van der Waals surface area contributed by atoms with Gasteiger partial charge in [-0.25, -0.2) is 0 Å². The first-order valence-corrected chi connectivity index (χ1v) is 20.7. The van der Waals surface area contributed by atoms with E-state index < -0.39 is 0 Å². The van der Waals surface area contributed by atoms with Crippen molar-refractivity contribution in [3.63, 3.8) is 0 Å². The van der Waals surface area contributed by atoms with E-state index in [-0.39, 0.29) is 0 Å². The van der Waals surface area contributed by atoms with Crippen LogP contribution in [0.4, 0.5) is 0 Å². The molecule has 0 aliphatic heterocycles. The lowest BCUT2D eigenvalue weighted by Crippen LogP contribution is -1.87. The zero-order valence-electron chi connectivity index (χ0n) is 35.2. The van der Waals surface area contributed by atoms with E-state index in [1.165, 1.54) is 82.4 Å². The van der Waals surface area contributed by atoms with Crippen LogP contribution in [0.3, 0.4) is 0 Å². The van der Waals surface area contributed by atoms with Crippen LogP contribution in [0, 0.1) is 20.8 Å². The summed E-state index contributed by atoms with van der Waals surface area (Å²) in [5, 5.41) is 7.82. The highest BCUT2D eigenvalue weighted by molar-refractivity contribution is 5.86. The summed E-state index contributed by atoms with van der Waals surface area (Å²) in [5.74, 6) is 2.09. The molecule has 11 rings (SSSR count). The van der Waals surface area contributed by atoms with Crippen molar-refractivity contribution in [2.45, 2.75) is 46.5 Å². The Morgan fingerprint density at radius 2 is 0.898 bits per heavy atom. The van der Waals surface area contributed by atoms with Gasteiger partial charge in [0.05, 0.1) is 7.11 Å². The van der Waals surface area contributed by atoms with E-state index in [9.17, 15) is 0 Å². The first kappa shape index (κ1) is 40.5. The first-order chi connectivity index (χ1) is 28.8. The molecule has 59 heavy (non-hydrogen) atoms. The maximum absolute atomic E-state index is 5.15. The molecule has 0 saturated carbocycles. The second-order valence-electron chi connectivity index (χ2n) is 15.5. The SMILES string of the molecule is CC1C=Cc2ccccc21.CC1c2ccccc2-c2ccccc21.COc1ccc2cc(C)ccc2c1.Cc1ccc2ccccc2c1.Cc1cccc2ccccc12. The zero-order chi connectivity index (χ0) is 41.1. The van der Waals surface area contributed by atoms with Crippen molar-refractivity contribution >= 4 is 38.4 Å². The molecule has 0 saturated heterocycles. The Balaban J connectivity index is 0.000000112. The van der Waals surface area contributed by atoms with Gasteiger partial charge >= 0.3 is 0 Å². The molecule has 0 fully saturated rings. The second-order valence-corrected chi connectivity index (χ2v) is 15.5. The van der Waals surface area contributed by atoms with Gasteiger partial charge in [0.15, 0.2) is 0 Å². The maximum Gasteiger partial charge on any atom is 0.119 e. The third kappa shape index (κ3) is 9.89. The Kier molecular flexibility index (Phi) is 13.2. The highest BCUT2D eigenvalue weighted by atomic mass is 16.5. The van der Waals surface area contributed by atoms with Gasteiger partial charge in [-0.3, -0.25) is 0 Å². The summed E-state index contributed by atoms with van der Waals surface area (Å²) in [4.78, 5) is 0. The fourth-order valence-corrected chi connectivity index (χ4v) is 8.00. The molecule has 0 N–H and O–H groups in total. The number of rotatable bonds is 1. The van der Waals surface area contributed by atoms with Crippen LogP contribution in [0.5, 0.6) is 5.75 Å². The third-order valence-corrected chi connectivity index (χ3v) is 11.3. The minimum absolute atomic E-state index is 0.558. The largest absolute Gasteiger partial charge is 0.497 e. The summed E-state index contributed by atoms with van der Waals surface area (Å²) in [5.41, 5.74) is 12.6. The van der Waals surface area contributed by atoms with Crippen LogP contribution in [0.15, 0.2) is 200 Å². The lowest BCUT2D eigenvalue weighted by molar-refractivity contribution is 0.415. The van der Waals surface area contributed by atoms with Crippen molar-refractivity contribution in [2.24, 2.45) is 0 Å². The molecular weight excluding hydrogens is 713 g/mol. The fraction of sp³-hybridized carbons (Fsp3) is 0.138. The number of methoxy groups -OCH3 is 1. The molecule has 0 heterocycles. The average molecular weight is 767 g/mol. The number of benzene rings is 9. The molecule has 0 bridgehead atoms. The van der Waals surface area contributed by atoms with Crippen molar-refractivity contribution in [1.82, 2.24) is 0 Å². The summed E-state index contributed by atoms with van der Waals surface area (Å²) in [6.07, 6.45) is 4.44. The molecule has 292 valence electrons. The van der Waals surface area contributed by atoms with Gasteiger partial charge in [-0.2, -0.15) is 0 Å². The predicted octanol–water partition coefficient (Wildman–Crippen LogP) is 16.1. The quantitative estimate of drug-likeness (QED) is 0.162. The van der Waals surface area contributed by atoms with E-state index in [4.69, 9.17) is 4.74 Å². The molecule has 9 aromatic rings. The van der Waals surface area contributed by atoms with Gasteiger partial charge in [0, 0.05) is 5.92 Å². The number of hydrogen-bond acceptors (Lipinski definition) is 1. The Morgan fingerprint density at radius 1 is 0.407 bits per heavy atom. The lowest BCUT2D eigenvalue weighted by Gasteiger charge is -2.04. The topological polar surface area (TPSA) is 9.23 Å². The van der Waals surface area contributed by atoms with Gasteiger partial charge < -0.3 is 4.74 Å². The van der Waals surface area contributed by atoms with Crippen LogP contribution in [-0.4, -0.2) is 7.11 Å². The zero-order valence-corrected chi connectivity index (χ0v) is 35.2. The number of hydrogen-bond donors (Lipinski definition) is 0. The van der Waals surface area contributed by atoms with E-state index in [0.29, 0.717) is 11.8 Å². The number of ether oxygens (including phenoxy) is 1. The highest BCUT2D eigenvalue weighted by Crippen LogP contribution is 2.43. The van der Waals surface area contributed by atoms with Crippen LogP contribution in [0.1, 0.15) is 64.6 Å². The monoisotopic (exact) mass is 766 g/mol.